The summed E-state index contributed by atoms with van der Waals surface area (Å²) in [6.07, 6.45) is 1.14. The van der Waals surface area contributed by atoms with Crippen LogP contribution in [0.25, 0.3) is 0 Å². The summed E-state index contributed by atoms with van der Waals surface area (Å²) in [5.74, 6) is 0.469. The predicted molar refractivity (Wildman–Crippen MR) is 105 cm³/mol. The summed E-state index contributed by atoms with van der Waals surface area (Å²) in [6, 6.07) is 12.1. The Morgan fingerprint density at radius 2 is 1.93 bits per heavy atom. The zero-order valence-electron chi connectivity index (χ0n) is 15.7. The number of halogens is 1. The monoisotopic (exact) mass is 388 g/mol. The third-order valence-corrected chi connectivity index (χ3v) is 4.99. The van der Waals surface area contributed by atoms with Crippen LogP contribution in [0.5, 0.6) is 5.75 Å². The molecule has 0 radical (unpaired) electrons. The van der Waals surface area contributed by atoms with E-state index in [1.54, 1.807) is 0 Å². The van der Waals surface area contributed by atoms with Gasteiger partial charge in [-0.1, -0.05) is 41.4 Å². The van der Waals surface area contributed by atoms with Crippen molar-refractivity contribution in [3.8, 4) is 5.75 Å². The van der Waals surface area contributed by atoms with Gasteiger partial charge in [0, 0.05) is 11.4 Å². The molecule has 0 unspecified atom stereocenters. The Kier molecular flexibility index (Phi) is 6.40. The van der Waals surface area contributed by atoms with Crippen LogP contribution >= 0.6 is 11.6 Å². The number of carbonyl (C=O) groups excluding carboxylic acids is 1. The molecule has 1 saturated heterocycles. The second-order valence-electron chi connectivity index (χ2n) is 7.21. The van der Waals surface area contributed by atoms with Gasteiger partial charge in [0.25, 0.3) is 0 Å². The lowest BCUT2D eigenvalue weighted by atomic mass is 9.99. The minimum Gasteiger partial charge on any atom is -0.489 e. The first-order valence-electron chi connectivity index (χ1n) is 9.25. The lowest BCUT2D eigenvalue weighted by Crippen LogP contribution is -2.36. The van der Waals surface area contributed by atoms with Gasteiger partial charge >= 0.3 is 5.97 Å². The van der Waals surface area contributed by atoms with E-state index < -0.39 is 12.2 Å². The fourth-order valence-electron chi connectivity index (χ4n) is 3.50. The number of rotatable bonds is 6. The quantitative estimate of drug-likeness (QED) is 0.754. The number of aryl methyl sites for hydroxylation is 4. The van der Waals surface area contributed by atoms with Crippen LogP contribution in [0.2, 0.25) is 5.02 Å². The Morgan fingerprint density at radius 3 is 2.63 bits per heavy atom. The highest BCUT2D eigenvalue weighted by atomic mass is 35.5. The molecule has 2 atom stereocenters. The molecular formula is C22H25ClO4. The summed E-state index contributed by atoms with van der Waals surface area (Å²) in [4.78, 5) is 11.5. The van der Waals surface area contributed by atoms with Crippen LogP contribution < -0.4 is 4.74 Å². The topological polar surface area (TPSA) is 55.8 Å². The summed E-state index contributed by atoms with van der Waals surface area (Å²) in [5, 5.41) is 10.5. The van der Waals surface area contributed by atoms with E-state index in [4.69, 9.17) is 21.1 Å². The molecule has 27 heavy (non-hydrogen) atoms. The standard InChI is InChI=1S/C22H25ClO4/c1-14-9-15(2)22(26-13-20-11-19(24)12-21(25)27-20)17(10-14)6-3-16-4-7-18(23)8-5-16/h4-5,7-10,19-20,24H,3,6,11-13H2,1-2H3/t19-,20+/m1/s1. The zero-order chi connectivity index (χ0) is 19.4. The van der Waals surface area contributed by atoms with E-state index >= 15 is 0 Å². The third-order valence-electron chi connectivity index (χ3n) is 4.74. The zero-order valence-corrected chi connectivity index (χ0v) is 16.5. The van der Waals surface area contributed by atoms with Crippen LogP contribution in [-0.4, -0.2) is 29.9 Å². The van der Waals surface area contributed by atoms with Crippen molar-refractivity contribution in [2.24, 2.45) is 0 Å². The molecule has 1 aliphatic heterocycles. The molecule has 2 aromatic rings. The van der Waals surface area contributed by atoms with Gasteiger partial charge in [-0.2, -0.15) is 0 Å². The third kappa shape index (κ3) is 5.47. The van der Waals surface area contributed by atoms with E-state index in [9.17, 15) is 9.90 Å². The number of benzene rings is 2. The maximum Gasteiger partial charge on any atom is 0.308 e. The van der Waals surface area contributed by atoms with Gasteiger partial charge in [0.2, 0.25) is 0 Å². The average molecular weight is 389 g/mol. The van der Waals surface area contributed by atoms with Gasteiger partial charge in [0.1, 0.15) is 18.5 Å². The summed E-state index contributed by atoms with van der Waals surface area (Å²) in [5.41, 5.74) is 4.59. The van der Waals surface area contributed by atoms with E-state index in [1.807, 2.05) is 31.2 Å². The molecule has 5 heteroatoms. The van der Waals surface area contributed by atoms with E-state index in [2.05, 4.69) is 19.1 Å². The first-order chi connectivity index (χ1) is 12.9. The molecule has 1 heterocycles. The number of aliphatic hydroxyl groups is 1. The van der Waals surface area contributed by atoms with Crippen molar-refractivity contribution < 1.29 is 19.4 Å². The second-order valence-corrected chi connectivity index (χ2v) is 7.65. The van der Waals surface area contributed by atoms with Crippen molar-refractivity contribution in [1.82, 2.24) is 0 Å². The number of aliphatic hydroxyl groups excluding tert-OH is 1. The molecule has 4 nitrogen and oxygen atoms in total. The minimum atomic E-state index is -0.650. The molecular weight excluding hydrogens is 364 g/mol. The molecule has 0 bridgehead atoms. The van der Waals surface area contributed by atoms with E-state index in [0.29, 0.717) is 6.42 Å². The fraction of sp³-hybridized carbons (Fsp3) is 0.409. The van der Waals surface area contributed by atoms with Crippen LogP contribution in [-0.2, 0) is 22.4 Å². The van der Waals surface area contributed by atoms with Crippen LogP contribution in [0.1, 0.15) is 35.1 Å². The molecule has 0 aromatic heterocycles. The molecule has 0 spiro atoms. The molecule has 0 amide bonds. The number of esters is 1. The summed E-state index contributed by atoms with van der Waals surface area (Å²) >= 11 is 5.96. The molecule has 1 N–H and O–H groups in total. The van der Waals surface area contributed by atoms with Crippen molar-refractivity contribution >= 4 is 17.6 Å². The largest absolute Gasteiger partial charge is 0.489 e. The number of cyclic esters (lactones) is 1. The van der Waals surface area contributed by atoms with Crippen LogP contribution in [0.4, 0.5) is 0 Å². The second kappa shape index (κ2) is 8.77. The van der Waals surface area contributed by atoms with E-state index in [1.165, 1.54) is 11.1 Å². The van der Waals surface area contributed by atoms with Gasteiger partial charge in [0.05, 0.1) is 12.5 Å². The first kappa shape index (κ1) is 19.7. The fourth-order valence-corrected chi connectivity index (χ4v) is 3.63. The van der Waals surface area contributed by atoms with Gasteiger partial charge < -0.3 is 14.6 Å². The molecule has 3 rings (SSSR count). The van der Waals surface area contributed by atoms with Gasteiger partial charge in [-0.15, -0.1) is 0 Å². The predicted octanol–water partition coefficient (Wildman–Crippen LogP) is 4.19. The van der Waals surface area contributed by atoms with Crippen LogP contribution in [0, 0.1) is 13.8 Å². The summed E-state index contributed by atoms with van der Waals surface area (Å²) in [6.45, 7) is 4.35. The highest BCUT2D eigenvalue weighted by molar-refractivity contribution is 6.30. The molecule has 1 aliphatic rings. The lowest BCUT2D eigenvalue weighted by molar-refractivity contribution is -0.162. The first-order valence-corrected chi connectivity index (χ1v) is 9.63. The van der Waals surface area contributed by atoms with Crippen molar-refractivity contribution in [2.45, 2.75) is 51.7 Å². The number of carbonyl (C=O) groups is 1. The molecule has 1 fully saturated rings. The highest BCUT2D eigenvalue weighted by Gasteiger charge is 2.28. The average Bonchev–Trinajstić information content (AvgIpc) is 2.59. The van der Waals surface area contributed by atoms with E-state index in [0.717, 1.165) is 34.7 Å². The Morgan fingerprint density at radius 1 is 1.19 bits per heavy atom. The van der Waals surface area contributed by atoms with Crippen LogP contribution in [0.3, 0.4) is 0 Å². The highest BCUT2D eigenvalue weighted by Crippen LogP contribution is 2.28. The van der Waals surface area contributed by atoms with Gasteiger partial charge in [0.15, 0.2) is 0 Å². The smallest absolute Gasteiger partial charge is 0.308 e. The van der Waals surface area contributed by atoms with Crippen molar-refractivity contribution in [1.29, 1.82) is 0 Å². The number of ether oxygens (including phenoxy) is 2. The Labute approximate surface area is 165 Å². The van der Waals surface area contributed by atoms with Crippen molar-refractivity contribution in [2.75, 3.05) is 6.61 Å². The van der Waals surface area contributed by atoms with Crippen molar-refractivity contribution in [3.05, 3.63) is 63.7 Å². The number of hydrogen-bond donors (Lipinski definition) is 1. The normalized spacial score (nSPS) is 19.6. The Hall–Kier alpha value is -2.04. The molecule has 144 valence electrons. The summed E-state index contributed by atoms with van der Waals surface area (Å²) < 4.78 is 11.3. The molecule has 2 aromatic carbocycles. The Bertz CT molecular complexity index is 801. The summed E-state index contributed by atoms with van der Waals surface area (Å²) in [7, 11) is 0. The van der Waals surface area contributed by atoms with Gasteiger partial charge in [-0.05, 0) is 55.5 Å². The van der Waals surface area contributed by atoms with Crippen molar-refractivity contribution in [3.63, 3.8) is 0 Å². The minimum absolute atomic E-state index is 0.0619. The maximum atomic E-state index is 11.5. The van der Waals surface area contributed by atoms with Crippen LogP contribution in [0.15, 0.2) is 36.4 Å². The van der Waals surface area contributed by atoms with Gasteiger partial charge in [-0.3, -0.25) is 4.79 Å². The molecule has 0 aliphatic carbocycles. The maximum absolute atomic E-state index is 11.5. The Balaban J connectivity index is 1.70. The van der Waals surface area contributed by atoms with Gasteiger partial charge in [-0.25, -0.2) is 0 Å². The lowest BCUT2D eigenvalue weighted by Gasteiger charge is -2.26. The SMILES string of the molecule is Cc1cc(C)c(OC[C@@H]2C[C@@H](O)CC(=O)O2)c(CCc2ccc(Cl)cc2)c1. The van der Waals surface area contributed by atoms with E-state index in [-0.39, 0.29) is 19.0 Å². The molecule has 0 saturated carbocycles. The number of hydrogen-bond acceptors (Lipinski definition) is 4.